The molecule has 1 aliphatic rings. The maximum atomic E-state index is 13.1. The summed E-state index contributed by atoms with van der Waals surface area (Å²) in [6.45, 7) is 1.86. The molecule has 128 valence electrons. The van der Waals surface area contributed by atoms with Crippen molar-refractivity contribution in [2.24, 2.45) is 4.99 Å². The van der Waals surface area contributed by atoms with Crippen molar-refractivity contribution < 1.29 is 19.0 Å². The van der Waals surface area contributed by atoms with Crippen molar-refractivity contribution in [2.75, 3.05) is 6.61 Å². The predicted molar refractivity (Wildman–Crippen MR) is 96.1 cm³/mol. The van der Waals surface area contributed by atoms with Crippen LogP contribution >= 0.6 is 11.8 Å². The van der Waals surface area contributed by atoms with E-state index in [4.69, 9.17) is 4.74 Å². The number of nitrogens with zero attached hydrogens (tertiary/aromatic N) is 1. The molecule has 0 atom stereocenters. The molecule has 25 heavy (non-hydrogen) atoms. The van der Waals surface area contributed by atoms with E-state index in [0.717, 1.165) is 17.5 Å². The van der Waals surface area contributed by atoms with E-state index in [-0.39, 0.29) is 23.8 Å². The number of halogens is 1. The van der Waals surface area contributed by atoms with Crippen LogP contribution < -0.4 is 0 Å². The summed E-state index contributed by atoms with van der Waals surface area (Å²) in [4.78, 5) is 20.1. The number of carbonyl (C=O) groups excluding carboxylic acids is 1. The molecule has 0 bridgehead atoms. The molecule has 1 aliphatic heterocycles. The first-order valence-corrected chi connectivity index (χ1v) is 8.38. The van der Waals surface area contributed by atoms with E-state index in [1.807, 2.05) is 12.1 Å². The lowest BCUT2D eigenvalue weighted by Gasteiger charge is -2.03. The van der Waals surface area contributed by atoms with Gasteiger partial charge < -0.3 is 14.8 Å². The zero-order valence-electron chi connectivity index (χ0n) is 13.3. The minimum Gasteiger partial charge on any atom is -0.506 e. The highest BCUT2D eigenvalue weighted by atomic mass is 32.2. The fourth-order valence-corrected chi connectivity index (χ4v) is 3.23. The Morgan fingerprint density at radius 3 is 2.76 bits per heavy atom. The summed E-state index contributed by atoms with van der Waals surface area (Å²) < 4.78 is 18.1. The van der Waals surface area contributed by atoms with E-state index in [0.29, 0.717) is 15.6 Å². The van der Waals surface area contributed by atoms with Gasteiger partial charge in [-0.1, -0.05) is 11.8 Å². The Hall–Kier alpha value is -2.80. The van der Waals surface area contributed by atoms with E-state index in [2.05, 4.69) is 9.98 Å². The van der Waals surface area contributed by atoms with Gasteiger partial charge in [0.25, 0.3) is 0 Å². The van der Waals surface area contributed by atoms with Crippen molar-refractivity contribution in [2.45, 2.75) is 6.92 Å². The second-order valence-corrected chi connectivity index (χ2v) is 6.10. The summed E-state index contributed by atoms with van der Waals surface area (Å²) >= 11 is 1.15. The lowest BCUT2D eigenvalue weighted by atomic mass is 10.2. The van der Waals surface area contributed by atoms with Gasteiger partial charge in [0.05, 0.1) is 17.2 Å². The number of aliphatic hydroxyl groups excluding tert-OH is 1. The van der Waals surface area contributed by atoms with Crippen molar-refractivity contribution >= 4 is 34.5 Å². The SMILES string of the molecule is CCOC(=O)C1=C(O)/C(=C/c2ccc[nH]2)SC1=Nc1ccc(F)cc1. The summed E-state index contributed by atoms with van der Waals surface area (Å²) in [5, 5.41) is 10.8. The molecule has 3 rings (SSSR count). The molecule has 0 spiro atoms. The summed E-state index contributed by atoms with van der Waals surface area (Å²) in [6, 6.07) is 9.21. The van der Waals surface area contributed by atoms with Crippen LogP contribution in [0.2, 0.25) is 0 Å². The number of aromatic nitrogens is 1. The number of H-pyrrole nitrogens is 1. The molecular formula is C18H15FN2O3S. The normalized spacial score (nSPS) is 17.5. The van der Waals surface area contributed by atoms with Crippen LogP contribution in [0.1, 0.15) is 12.6 Å². The topological polar surface area (TPSA) is 74.7 Å². The highest BCUT2D eigenvalue weighted by molar-refractivity contribution is 8.18. The van der Waals surface area contributed by atoms with Crippen LogP contribution in [0.3, 0.4) is 0 Å². The third-order valence-electron chi connectivity index (χ3n) is 3.34. The Labute approximate surface area is 147 Å². The largest absolute Gasteiger partial charge is 0.506 e. The van der Waals surface area contributed by atoms with Crippen LogP contribution in [0.25, 0.3) is 6.08 Å². The number of aliphatic imine (C=N–C) groups is 1. The lowest BCUT2D eigenvalue weighted by Crippen LogP contribution is -2.12. The number of aliphatic hydroxyl groups is 1. The molecule has 0 unspecified atom stereocenters. The second-order valence-electron chi connectivity index (χ2n) is 5.07. The third kappa shape index (κ3) is 3.83. The third-order valence-corrected chi connectivity index (χ3v) is 4.36. The van der Waals surface area contributed by atoms with E-state index < -0.39 is 5.97 Å². The zero-order valence-corrected chi connectivity index (χ0v) is 14.1. The van der Waals surface area contributed by atoms with Crippen molar-refractivity contribution in [1.82, 2.24) is 4.98 Å². The van der Waals surface area contributed by atoms with Crippen LogP contribution in [0, 0.1) is 5.82 Å². The molecular weight excluding hydrogens is 343 g/mol. The fourth-order valence-electron chi connectivity index (χ4n) is 2.20. The highest BCUT2D eigenvalue weighted by Gasteiger charge is 2.33. The molecule has 0 fully saturated rings. The van der Waals surface area contributed by atoms with Crippen molar-refractivity contribution in [3.8, 4) is 0 Å². The average molecular weight is 358 g/mol. The first-order valence-electron chi connectivity index (χ1n) is 7.56. The standard InChI is InChI=1S/C18H15FN2O3S/c1-2-24-18(23)15-16(22)14(10-13-4-3-9-20-13)25-17(15)21-12-7-5-11(19)6-8-12/h3-10,20,22H,2H2,1H3/b14-10-,21-17?. The smallest absolute Gasteiger partial charge is 0.344 e. The zero-order chi connectivity index (χ0) is 17.8. The van der Waals surface area contributed by atoms with Gasteiger partial charge in [-0.15, -0.1) is 0 Å². The van der Waals surface area contributed by atoms with Crippen LogP contribution in [0.5, 0.6) is 0 Å². The van der Waals surface area contributed by atoms with E-state index in [9.17, 15) is 14.3 Å². The number of hydrogen-bond donors (Lipinski definition) is 2. The fraction of sp³-hybridized carbons (Fsp3) is 0.111. The number of nitrogens with one attached hydrogen (secondary N) is 1. The number of aromatic amines is 1. The Bertz CT molecular complexity index is 868. The van der Waals surface area contributed by atoms with Crippen LogP contribution in [0.15, 0.2) is 63.8 Å². The molecule has 1 aromatic carbocycles. The Kier molecular flexibility index (Phi) is 5.04. The highest BCUT2D eigenvalue weighted by Crippen LogP contribution is 2.40. The number of ether oxygens (including phenoxy) is 1. The summed E-state index contributed by atoms with van der Waals surface area (Å²) in [5.41, 5.74) is 1.26. The molecule has 5 nitrogen and oxygen atoms in total. The van der Waals surface area contributed by atoms with Gasteiger partial charge in [-0.3, -0.25) is 0 Å². The van der Waals surface area contributed by atoms with Gasteiger partial charge in [-0.05, 0) is 49.4 Å². The van der Waals surface area contributed by atoms with Gasteiger partial charge in [-0.2, -0.15) is 0 Å². The van der Waals surface area contributed by atoms with Gasteiger partial charge in [0, 0.05) is 11.9 Å². The molecule has 2 N–H and O–H groups in total. The van der Waals surface area contributed by atoms with E-state index in [1.54, 1.807) is 19.2 Å². The molecule has 1 aromatic heterocycles. The number of hydrogen-bond acceptors (Lipinski definition) is 5. The van der Waals surface area contributed by atoms with Gasteiger partial charge in [0.15, 0.2) is 0 Å². The van der Waals surface area contributed by atoms with Crippen molar-refractivity contribution in [3.63, 3.8) is 0 Å². The van der Waals surface area contributed by atoms with Gasteiger partial charge >= 0.3 is 5.97 Å². The quantitative estimate of drug-likeness (QED) is 0.797. The molecule has 0 saturated carbocycles. The van der Waals surface area contributed by atoms with Gasteiger partial charge in [0.2, 0.25) is 0 Å². The first-order chi connectivity index (χ1) is 12.1. The van der Waals surface area contributed by atoms with Crippen LogP contribution in [-0.2, 0) is 9.53 Å². The maximum Gasteiger partial charge on any atom is 0.344 e. The van der Waals surface area contributed by atoms with E-state index in [1.165, 1.54) is 24.3 Å². The maximum absolute atomic E-state index is 13.1. The molecule has 0 aliphatic carbocycles. The Morgan fingerprint density at radius 2 is 2.12 bits per heavy atom. The second kappa shape index (κ2) is 7.40. The molecule has 0 amide bonds. The number of esters is 1. The predicted octanol–water partition coefficient (Wildman–Crippen LogP) is 4.35. The molecule has 2 aromatic rings. The first kappa shape index (κ1) is 17.0. The molecule has 0 saturated heterocycles. The average Bonchev–Trinajstić information content (AvgIpc) is 3.19. The number of carbonyl (C=O) groups is 1. The number of rotatable bonds is 4. The molecule has 2 heterocycles. The van der Waals surface area contributed by atoms with Crippen molar-refractivity contribution in [1.29, 1.82) is 0 Å². The summed E-state index contributed by atoms with van der Waals surface area (Å²) in [7, 11) is 0. The Balaban J connectivity index is 2.02. The summed E-state index contributed by atoms with van der Waals surface area (Å²) in [5.74, 6) is -1.21. The number of benzene rings is 1. The molecule has 7 heteroatoms. The van der Waals surface area contributed by atoms with Gasteiger partial charge in [-0.25, -0.2) is 14.2 Å². The number of thioether (sulfide) groups is 1. The Morgan fingerprint density at radius 1 is 1.36 bits per heavy atom. The minimum atomic E-state index is -0.650. The molecule has 0 radical (unpaired) electrons. The van der Waals surface area contributed by atoms with Crippen LogP contribution in [-0.4, -0.2) is 27.7 Å². The van der Waals surface area contributed by atoms with Crippen molar-refractivity contribution in [3.05, 3.63) is 70.3 Å². The van der Waals surface area contributed by atoms with Gasteiger partial charge in [0.1, 0.15) is 22.2 Å². The van der Waals surface area contributed by atoms with E-state index >= 15 is 0 Å². The summed E-state index contributed by atoms with van der Waals surface area (Å²) in [6.07, 6.45) is 3.47. The monoisotopic (exact) mass is 358 g/mol. The lowest BCUT2D eigenvalue weighted by molar-refractivity contribution is -0.138. The minimum absolute atomic E-state index is 0.00832. The van der Waals surface area contributed by atoms with Crippen LogP contribution in [0.4, 0.5) is 10.1 Å².